The third-order valence-corrected chi connectivity index (χ3v) is 2.92. The number of oxime groups is 1. The Balaban J connectivity index is 2.12. The zero-order chi connectivity index (χ0) is 12.0. The second kappa shape index (κ2) is 6.74. The number of hydrogen-bond donors (Lipinski definition) is 2. The Morgan fingerprint density at radius 1 is 1.44 bits per heavy atom. The van der Waals surface area contributed by atoms with Crippen molar-refractivity contribution >= 4 is 5.84 Å². The average molecular weight is 227 g/mol. The summed E-state index contributed by atoms with van der Waals surface area (Å²) in [5.41, 5.74) is 5.43. The first-order chi connectivity index (χ1) is 7.63. The number of nitrogens with two attached hydrogens (primary N) is 1. The minimum Gasteiger partial charge on any atom is -0.409 e. The molecule has 0 heterocycles. The van der Waals surface area contributed by atoms with Gasteiger partial charge in [-0.2, -0.15) is 0 Å². The Morgan fingerprint density at radius 2 is 2.12 bits per heavy atom. The molecule has 1 fully saturated rings. The third-order valence-electron chi connectivity index (χ3n) is 2.92. The van der Waals surface area contributed by atoms with Gasteiger partial charge in [0.15, 0.2) is 0 Å². The summed E-state index contributed by atoms with van der Waals surface area (Å²) in [7, 11) is 0. The van der Waals surface area contributed by atoms with Gasteiger partial charge in [0.1, 0.15) is 5.84 Å². The molecule has 1 aliphatic rings. The number of rotatable bonds is 8. The van der Waals surface area contributed by atoms with Gasteiger partial charge in [-0.1, -0.05) is 19.0 Å². The lowest BCUT2D eigenvalue weighted by atomic mass is 10.1. The lowest BCUT2D eigenvalue weighted by molar-refractivity contribution is 0.230. The molecule has 0 atom stereocenters. The van der Waals surface area contributed by atoms with E-state index in [-0.39, 0.29) is 0 Å². The fourth-order valence-electron chi connectivity index (χ4n) is 2.00. The summed E-state index contributed by atoms with van der Waals surface area (Å²) in [6.45, 7) is 6.90. The standard InChI is InChI=1S/C12H25N3O/c1-10(2)9-15(11-6-7-11)8-4-3-5-12(13)14-16/h10-11,16H,3-9H2,1-2H3,(H2,13,14). The molecule has 0 radical (unpaired) electrons. The van der Waals surface area contributed by atoms with Crippen LogP contribution in [0.25, 0.3) is 0 Å². The maximum Gasteiger partial charge on any atom is 0.139 e. The summed E-state index contributed by atoms with van der Waals surface area (Å²) in [4.78, 5) is 2.59. The first-order valence-corrected chi connectivity index (χ1v) is 6.34. The molecule has 1 rings (SSSR count). The largest absolute Gasteiger partial charge is 0.409 e. The molecule has 0 saturated heterocycles. The van der Waals surface area contributed by atoms with Crippen LogP contribution in [0.1, 0.15) is 46.0 Å². The summed E-state index contributed by atoms with van der Waals surface area (Å²) in [6, 6.07) is 0.839. The van der Waals surface area contributed by atoms with Crippen molar-refractivity contribution in [1.82, 2.24) is 4.90 Å². The number of amidine groups is 1. The third kappa shape index (κ3) is 5.35. The number of hydrogen-bond acceptors (Lipinski definition) is 3. The van der Waals surface area contributed by atoms with E-state index in [0.29, 0.717) is 12.3 Å². The lowest BCUT2D eigenvalue weighted by Crippen LogP contribution is -2.31. The van der Waals surface area contributed by atoms with Gasteiger partial charge in [-0.25, -0.2) is 0 Å². The van der Waals surface area contributed by atoms with Crippen LogP contribution in [0.2, 0.25) is 0 Å². The summed E-state index contributed by atoms with van der Waals surface area (Å²) in [5, 5.41) is 11.4. The molecule has 0 aliphatic heterocycles. The van der Waals surface area contributed by atoms with Crippen LogP contribution in [0.15, 0.2) is 5.16 Å². The smallest absolute Gasteiger partial charge is 0.139 e. The highest BCUT2D eigenvalue weighted by atomic mass is 16.4. The van der Waals surface area contributed by atoms with Gasteiger partial charge < -0.3 is 15.8 Å². The topological polar surface area (TPSA) is 61.8 Å². The van der Waals surface area contributed by atoms with Gasteiger partial charge in [0.25, 0.3) is 0 Å². The maximum absolute atomic E-state index is 8.41. The molecular formula is C12H25N3O. The van der Waals surface area contributed by atoms with E-state index in [9.17, 15) is 0 Å². The van der Waals surface area contributed by atoms with E-state index < -0.39 is 0 Å². The van der Waals surface area contributed by atoms with Crippen molar-refractivity contribution in [2.45, 2.75) is 52.0 Å². The van der Waals surface area contributed by atoms with Crippen LogP contribution in [0.3, 0.4) is 0 Å². The van der Waals surface area contributed by atoms with E-state index in [0.717, 1.165) is 31.3 Å². The fraction of sp³-hybridized carbons (Fsp3) is 0.917. The average Bonchev–Trinajstić information content (AvgIpc) is 3.05. The zero-order valence-electron chi connectivity index (χ0n) is 10.5. The molecule has 94 valence electrons. The quantitative estimate of drug-likeness (QED) is 0.219. The van der Waals surface area contributed by atoms with Crippen molar-refractivity contribution in [3.63, 3.8) is 0 Å². The maximum atomic E-state index is 8.41. The number of nitrogens with zero attached hydrogens (tertiary/aromatic N) is 2. The first-order valence-electron chi connectivity index (χ1n) is 6.34. The van der Waals surface area contributed by atoms with Crippen molar-refractivity contribution < 1.29 is 5.21 Å². The van der Waals surface area contributed by atoms with Gasteiger partial charge >= 0.3 is 0 Å². The SMILES string of the molecule is CC(C)CN(CCCCC(N)=NO)C1CC1. The highest BCUT2D eigenvalue weighted by molar-refractivity contribution is 5.79. The molecule has 0 aromatic rings. The Hall–Kier alpha value is -0.770. The molecular weight excluding hydrogens is 202 g/mol. The highest BCUT2D eigenvalue weighted by Gasteiger charge is 2.28. The van der Waals surface area contributed by atoms with Crippen LogP contribution in [-0.4, -0.2) is 35.1 Å². The van der Waals surface area contributed by atoms with Crippen LogP contribution in [0, 0.1) is 5.92 Å². The van der Waals surface area contributed by atoms with Crippen molar-refractivity contribution in [2.75, 3.05) is 13.1 Å². The van der Waals surface area contributed by atoms with Gasteiger partial charge in [-0.05, 0) is 38.1 Å². The minimum atomic E-state index is 0.349. The van der Waals surface area contributed by atoms with Crippen LogP contribution in [-0.2, 0) is 0 Å². The monoisotopic (exact) mass is 227 g/mol. The van der Waals surface area contributed by atoms with Crippen molar-refractivity contribution in [3.8, 4) is 0 Å². The molecule has 1 saturated carbocycles. The predicted octanol–water partition coefficient (Wildman–Crippen LogP) is 2.02. The summed E-state index contributed by atoms with van der Waals surface area (Å²) < 4.78 is 0. The lowest BCUT2D eigenvalue weighted by Gasteiger charge is -2.23. The normalized spacial score (nSPS) is 17.4. The van der Waals surface area contributed by atoms with Crippen LogP contribution < -0.4 is 5.73 Å². The van der Waals surface area contributed by atoms with Gasteiger partial charge in [-0.3, -0.25) is 0 Å². The van der Waals surface area contributed by atoms with Crippen LogP contribution in [0.4, 0.5) is 0 Å². The number of unbranched alkanes of at least 4 members (excludes halogenated alkanes) is 1. The molecule has 0 aromatic heterocycles. The van der Waals surface area contributed by atoms with E-state index in [1.54, 1.807) is 0 Å². The first kappa shape index (κ1) is 13.3. The Bertz CT molecular complexity index is 224. The molecule has 0 aromatic carbocycles. The molecule has 0 bridgehead atoms. The Labute approximate surface area is 98.5 Å². The molecule has 3 N–H and O–H groups in total. The van der Waals surface area contributed by atoms with E-state index in [4.69, 9.17) is 10.9 Å². The second-order valence-electron chi connectivity index (χ2n) is 5.17. The van der Waals surface area contributed by atoms with E-state index >= 15 is 0 Å². The second-order valence-corrected chi connectivity index (χ2v) is 5.17. The van der Waals surface area contributed by atoms with Gasteiger partial charge in [0, 0.05) is 19.0 Å². The molecule has 4 nitrogen and oxygen atoms in total. The van der Waals surface area contributed by atoms with Crippen LogP contribution in [0.5, 0.6) is 0 Å². The highest BCUT2D eigenvalue weighted by Crippen LogP contribution is 2.27. The Morgan fingerprint density at radius 3 is 2.62 bits per heavy atom. The molecule has 0 spiro atoms. The minimum absolute atomic E-state index is 0.349. The Kier molecular flexibility index (Phi) is 5.60. The van der Waals surface area contributed by atoms with Gasteiger partial charge in [-0.15, -0.1) is 0 Å². The van der Waals surface area contributed by atoms with E-state index in [1.165, 1.54) is 19.4 Å². The predicted molar refractivity (Wildman–Crippen MR) is 66.7 cm³/mol. The van der Waals surface area contributed by atoms with E-state index in [2.05, 4.69) is 23.9 Å². The van der Waals surface area contributed by atoms with Gasteiger partial charge in [0.05, 0.1) is 0 Å². The zero-order valence-corrected chi connectivity index (χ0v) is 10.5. The molecule has 0 unspecified atom stereocenters. The summed E-state index contributed by atoms with van der Waals surface area (Å²) in [6.07, 6.45) is 5.59. The molecule has 1 aliphatic carbocycles. The van der Waals surface area contributed by atoms with Crippen molar-refractivity contribution in [3.05, 3.63) is 0 Å². The van der Waals surface area contributed by atoms with Crippen molar-refractivity contribution in [1.29, 1.82) is 0 Å². The summed E-state index contributed by atoms with van der Waals surface area (Å²) >= 11 is 0. The fourth-order valence-corrected chi connectivity index (χ4v) is 2.00. The van der Waals surface area contributed by atoms with Crippen molar-refractivity contribution in [2.24, 2.45) is 16.8 Å². The van der Waals surface area contributed by atoms with Crippen LogP contribution >= 0.6 is 0 Å². The van der Waals surface area contributed by atoms with E-state index in [1.807, 2.05) is 0 Å². The summed E-state index contributed by atoms with van der Waals surface area (Å²) in [5.74, 6) is 1.09. The van der Waals surface area contributed by atoms with Gasteiger partial charge in [0.2, 0.25) is 0 Å². The molecule has 4 heteroatoms. The molecule has 16 heavy (non-hydrogen) atoms. The molecule has 0 amide bonds.